The van der Waals surface area contributed by atoms with Gasteiger partial charge < -0.3 is 15.5 Å². The van der Waals surface area contributed by atoms with Crippen molar-refractivity contribution in [3.8, 4) is 0 Å². The first-order chi connectivity index (χ1) is 12.0. The SMILES string of the molecule is Cc1ccc(N2CC[C@@H](NC(=O)Nc3ccccc3C)C2=O)cc1C. The molecule has 130 valence electrons. The lowest BCUT2D eigenvalue weighted by atomic mass is 10.1. The van der Waals surface area contributed by atoms with Gasteiger partial charge in [-0.3, -0.25) is 4.79 Å². The molecule has 0 aromatic heterocycles. The summed E-state index contributed by atoms with van der Waals surface area (Å²) in [5.41, 5.74) is 4.96. The molecule has 0 saturated carbocycles. The van der Waals surface area contributed by atoms with Crippen molar-refractivity contribution in [2.45, 2.75) is 33.2 Å². The molecule has 1 atom stereocenters. The second-order valence-electron chi connectivity index (χ2n) is 6.51. The van der Waals surface area contributed by atoms with Crippen LogP contribution in [0.2, 0.25) is 0 Å². The molecule has 3 rings (SSSR count). The number of nitrogens with one attached hydrogen (secondary N) is 2. The van der Waals surface area contributed by atoms with E-state index < -0.39 is 6.04 Å². The quantitative estimate of drug-likeness (QED) is 0.900. The topological polar surface area (TPSA) is 61.4 Å². The third-order valence-corrected chi connectivity index (χ3v) is 4.71. The molecule has 1 fully saturated rings. The Morgan fingerprint density at radius 3 is 2.52 bits per heavy atom. The summed E-state index contributed by atoms with van der Waals surface area (Å²) in [6.45, 7) is 6.62. The Hall–Kier alpha value is -2.82. The number of urea groups is 1. The van der Waals surface area contributed by atoms with Crippen molar-refractivity contribution in [2.24, 2.45) is 0 Å². The average molecular weight is 337 g/mol. The molecule has 5 heteroatoms. The first-order valence-corrected chi connectivity index (χ1v) is 8.47. The lowest BCUT2D eigenvalue weighted by molar-refractivity contribution is -0.118. The van der Waals surface area contributed by atoms with Gasteiger partial charge in [-0.15, -0.1) is 0 Å². The van der Waals surface area contributed by atoms with Gasteiger partial charge >= 0.3 is 6.03 Å². The summed E-state index contributed by atoms with van der Waals surface area (Å²) < 4.78 is 0. The number of benzene rings is 2. The molecule has 1 aliphatic rings. The molecule has 2 N–H and O–H groups in total. The Morgan fingerprint density at radius 2 is 1.80 bits per heavy atom. The molecule has 25 heavy (non-hydrogen) atoms. The van der Waals surface area contributed by atoms with Gasteiger partial charge in [0, 0.05) is 17.9 Å². The Labute approximate surface area is 148 Å². The average Bonchev–Trinajstić information content (AvgIpc) is 2.93. The summed E-state index contributed by atoms with van der Waals surface area (Å²) >= 11 is 0. The highest BCUT2D eigenvalue weighted by Gasteiger charge is 2.33. The number of nitrogens with zero attached hydrogens (tertiary/aromatic N) is 1. The fourth-order valence-electron chi connectivity index (χ4n) is 2.99. The van der Waals surface area contributed by atoms with Gasteiger partial charge in [0.2, 0.25) is 5.91 Å². The van der Waals surface area contributed by atoms with Crippen LogP contribution >= 0.6 is 0 Å². The standard InChI is InChI=1S/C20H23N3O2/c1-13-8-9-16(12-15(13)3)23-11-10-18(19(23)24)22-20(25)21-17-7-5-4-6-14(17)2/h4-9,12,18H,10-11H2,1-3H3,(H2,21,22,25)/t18-/m1/s1. The largest absolute Gasteiger partial charge is 0.326 e. The van der Waals surface area contributed by atoms with Gasteiger partial charge in [0.05, 0.1) is 0 Å². The Kier molecular flexibility index (Phi) is 4.74. The lowest BCUT2D eigenvalue weighted by Gasteiger charge is -2.18. The lowest BCUT2D eigenvalue weighted by Crippen LogP contribution is -2.43. The molecule has 0 radical (unpaired) electrons. The van der Waals surface area contributed by atoms with E-state index in [0.717, 1.165) is 22.5 Å². The third-order valence-electron chi connectivity index (χ3n) is 4.71. The predicted octanol–water partition coefficient (Wildman–Crippen LogP) is 3.54. The van der Waals surface area contributed by atoms with E-state index in [1.54, 1.807) is 4.90 Å². The molecule has 1 aliphatic heterocycles. The van der Waals surface area contributed by atoms with Gasteiger partial charge in [-0.1, -0.05) is 24.3 Å². The van der Waals surface area contributed by atoms with Gasteiger partial charge in [-0.25, -0.2) is 4.79 Å². The van der Waals surface area contributed by atoms with Crippen LogP contribution < -0.4 is 15.5 Å². The minimum Gasteiger partial charge on any atom is -0.326 e. The van der Waals surface area contributed by atoms with Crippen molar-refractivity contribution in [1.29, 1.82) is 0 Å². The van der Waals surface area contributed by atoms with Crippen LogP contribution in [0.3, 0.4) is 0 Å². The number of carbonyl (C=O) groups is 2. The number of amides is 3. The van der Waals surface area contributed by atoms with Gasteiger partial charge in [-0.2, -0.15) is 0 Å². The molecular weight excluding hydrogens is 314 g/mol. The first-order valence-electron chi connectivity index (χ1n) is 8.47. The van der Waals surface area contributed by atoms with Crippen LogP contribution in [0.4, 0.5) is 16.2 Å². The van der Waals surface area contributed by atoms with Gasteiger partial charge in [0.1, 0.15) is 6.04 Å². The molecule has 2 aromatic rings. The summed E-state index contributed by atoms with van der Waals surface area (Å²) in [6.07, 6.45) is 0.604. The number of para-hydroxylation sites is 1. The molecular formula is C20H23N3O2. The Bertz CT molecular complexity index is 816. The fourth-order valence-corrected chi connectivity index (χ4v) is 2.99. The molecule has 1 heterocycles. The molecule has 3 amide bonds. The van der Waals surface area contributed by atoms with E-state index in [0.29, 0.717) is 13.0 Å². The van der Waals surface area contributed by atoms with E-state index in [1.165, 1.54) is 5.56 Å². The maximum Gasteiger partial charge on any atom is 0.319 e. The Morgan fingerprint density at radius 1 is 1.04 bits per heavy atom. The van der Waals surface area contributed by atoms with Crippen molar-refractivity contribution in [3.63, 3.8) is 0 Å². The minimum absolute atomic E-state index is 0.0665. The van der Waals surface area contributed by atoms with Gasteiger partial charge in [0.15, 0.2) is 0 Å². The zero-order chi connectivity index (χ0) is 18.0. The second-order valence-corrected chi connectivity index (χ2v) is 6.51. The zero-order valence-electron chi connectivity index (χ0n) is 14.8. The van der Waals surface area contributed by atoms with E-state index in [1.807, 2.05) is 63.2 Å². The summed E-state index contributed by atoms with van der Waals surface area (Å²) in [5, 5.41) is 5.60. The maximum atomic E-state index is 12.6. The van der Waals surface area contributed by atoms with E-state index in [-0.39, 0.29) is 11.9 Å². The van der Waals surface area contributed by atoms with Crippen molar-refractivity contribution >= 4 is 23.3 Å². The van der Waals surface area contributed by atoms with Gasteiger partial charge in [0.25, 0.3) is 0 Å². The monoisotopic (exact) mass is 337 g/mol. The normalized spacial score (nSPS) is 16.8. The van der Waals surface area contributed by atoms with Crippen LogP contribution in [0, 0.1) is 20.8 Å². The predicted molar refractivity (Wildman–Crippen MR) is 100 cm³/mol. The van der Waals surface area contributed by atoms with Gasteiger partial charge in [-0.05, 0) is 62.1 Å². The van der Waals surface area contributed by atoms with Crippen LogP contribution in [0.15, 0.2) is 42.5 Å². The molecule has 5 nitrogen and oxygen atoms in total. The Balaban J connectivity index is 1.65. The number of hydrogen-bond acceptors (Lipinski definition) is 2. The third kappa shape index (κ3) is 3.65. The summed E-state index contributed by atoms with van der Waals surface area (Å²) in [6, 6.07) is 12.7. The molecule has 2 aromatic carbocycles. The number of aryl methyl sites for hydroxylation is 3. The van der Waals surface area contributed by atoms with Crippen molar-refractivity contribution in [1.82, 2.24) is 5.32 Å². The second kappa shape index (κ2) is 6.97. The molecule has 0 bridgehead atoms. The molecule has 0 unspecified atom stereocenters. The highest BCUT2D eigenvalue weighted by Crippen LogP contribution is 2.24. The van der Waals surface area contributed by atoms with Crippen LogP contribution in [0.25, 0.3) is 0 Å². The van der Waals surface area contributed by atoms with Crippen molar-refractivity contribution in [3.05, 3.63) is 59.2 Å². The zero-order valence-corrected chi connectivity index (χ0v) is 14.8. The van der Waals surface area contributed by atoms with Crippen LogP contribution in [0.5, 0.6) is 0 Å². The minimum atomic E-state index is -0.495. The molecule has 0 aliphatic carbocycles. The summed E-state index contributed by atoms with van der Waals surface area (Å²) in [5.74, 6) is -0.0665. The molecule has 0 spiro atoms. The van der Waals surface area contributed by atoms with Crippen LogP contribution in [-0.4, -0.2) is 24.5 Å². The van der Waals surface area contributed by atoms with E-state index in [9.17, 15) is 9.59 Å². The van der Waals surface area contributed by atoms with Crippen LogP contribution in [0.1, 0.15) is 23.1 Å². The number of hydrogen-bond donors (Lipinski definition) is 2. The van der Waals surface area contributed by atoms with Crippen LogP contribution in [-0.2, 0) is 4.79 Å². The molecule has 1 saturated heterocycles. The first kappa shape index (κ1) is 17.0. The number of carbonyl (C=O) groups excluding carboxylic acids is 2. The highest BCUT2D eigenvalue weighted by molar-refractivity contribution is 6.02. The number of rotatable bonds is 3. The number of anilines is 2. The van der Waals surface area contributed by atoms with E-state index in [2.05, 4.69) is 10.6 Å². The van der Waals surface area contributed by atoms with E-state index in [4.69, 9.17) is 0 Å². The highest BCUT2D eigenvalue weighted by atomic mass is 16.2. The van der Waals surface area contributed by atoms with E-state index >= 15 is 0 Å². The smallest absolute Gasteiger partial charge is 0.319 e. The summed E-state index contributed by atoms with van der Waals surface area (Å²) in [7, 11) is 0. The maximum absolute atomic E-state index is 12.6. The summed E-state index contributed by atoms with van der Waals surface area (Å²) in [4.78, 5) is 26.6. The fraction of sp³-hybridized carbons (Fsp3) is 0.300. The van der Waals surface area contributed by atoms with Crippen molar-refractivity contribution < 1.29 is 9.59 Å². The van der Waals surface area contributed by atoms with Crippen molar-refractivity contribution in [2.75, 3.05) is 16.8 Å².